The zero-order valence-corrected chi connectivity index (χ0v) is 11.3. The summed E-state index contributed by atoms with van der Waals surface area (Å²) in [5, 5.41) is 20.6. The molecule has 0 fully saturated rings. The molecule has 9 heteroatoms. The highest BCUT2D eigenvalue weighted by molar-refractivity contribution is 5.85. The number of carbonyl (C=O) groups excluding carboxylic acids is 2. The topological polar surface area (TPSA) is 126 Å². The number of aromatic nitrogens is 3. The molecule has 0 unspecified atom stereocenters. The van der Waals surface area contributed by atoms with Crippen LogP contribution in [-0.4, -0.2) is 51.0 Å². The van der Waals surface area contributed by atoms with Crippen LogP contribution in [-0.2, 0) is 16.1 Å². The average molecular weight is 283 g/mol. The third kappa shape index (κ3) is 5.46. The third-order valence-corrected chi connectivity index (χ3v) is 2.22. The SMILES string of the molecule is CC(C)CNC(=O)CNC(=O)Cn1cc(C(=O)O)nn1. The summed E-state index contributed by atoms with van der Waals surface area (Å²) in [6.07, 6.45) is 1.14. The molecule has 0 spiro atoms. The van der Waals surface area contributed by atoms with Crippen molar-refractivity contribution in [3.05, 3.63) is 11.9 Å². The Balaban J connectivity index is 2.32. The van der Waals surface area contributed by atoms with Crippen molar-refractivity contribution in [2.45, 2.75) is 20.4 Å². The molecule has 20 heavy (non-hydrogen) atoms. The van der Waals surface area contributed by atoms with Gasteiger partial charge in [0.15, 0.2) is 5.69 Å². The predicted molar refractivity (Wildman–Crippen MR) is 67.8 cm³/mol. The molecule has 1 rings (SSSR count). The van der Waals surface area contributed by atoms with Crippen LogP contribution in [0.5, 0.6) is 0 Å². The summed E-state index contributed by atoms with van der Waals surface area (Å²) in [7, 11) is 0. The maximum absolute atomic E-state index is 11.5. The first-order chi connectivity index (χ1) is 9.38. The van der Waals surface area contributed by atoms with Gasteiger partial charge in [-0.1, -0.05) is 19.1 Å². The maximum atomic E-state index is 11.5. The summed E-state index contributed by atoms with van der Waals surface area (Å²) < 4.78 is 1.09. The van der Waals surface area contributed by atoms with E-state index in [0.29, 0.717) is 12.5 Å². The van der Waals surface area contributed by atoms with Crippen molar-refractivity contribution in [1.82, 2.24) is 25.6 Å². The monoisotopic (exact) mass is 283 g/mol. The minimum Gasteiger partial charge on any atom is -0.476 e. The number of carboxylic acid groups (broad SMARTS) is 1. The summed E-state index contributed by atoms with van der Waals surface area (Å²) in [5.74, 6) is -1.62. The largest absolute Gasteiger partial charge is 0.476 e. The van der Waals surface area contributed by atoms with Crippen molar-refractivity contribution in [3.8, 4) is 0 Å². The van der Waals surface area contributed by atoms with E-state index in [0.717, 1.165) is 10.9 Å². The van der Waals surface area contributed by atoms with Gasteiger partial charge in [0.2, 0.25) is 11.8 Å². The molecule has 0 atom stereocenters. The lowest BCUT2D eigenvalue weighted by molar-refractivity contribution is -0.126. The molecule has 1 aromatic rings. The van der Waals surface area contributed by atoms with E-state index in [1.165, 1.54) is 0 Å². The van der Waals surface area contributed by atoms with Gasteiger partial charge >= 0.3 is 5.97 Å². The fourth-order valence-corrected chi connectivity index (χ4v) is 1.24. The first-order valence-electron chi connectivity index (χ1n) is 6.05. The van der Waals surface area contributed by atoms with Gasteiger partial charge in [0.05, 0.1) is 12.7 Å². The number of carbonyl (C=O) groups is 3. The summed E-state index contributed by atoms with van der Waals surface area (Å²) in [4.78, 5) is 33.4. The van der Waals surface area contributed by atoms with Gasteiger partial charge in [-0.3, -0.25) is 9.59 Å². The zero-order valence-electron chi connectivity index (χ0n) is 11.3. The van der Waals surface area contributed by atoms with Crippen LogP contribution in [0.1, 0.15) is 24.3 Å². The van der Waals surface area contributed by atoms with E-state index < -0.39 is 11.9 Å². The van der Waals surface area contributed by atoms with Gasteiger partial charge in [-0.05, 0) is 5.92 Å². The van der Waals surface area contributed by atoms with Crippen LogP contribution >= 0.6 is 0 Å². The summed E-state index contributed by atoms with van der Waals surface area (Å²) in [6.45, 7) is 4.14. The van der Waals surface area contributed by atoms with Crippen molar-refractivity contribution < 1.29 is 19.5 Å². The molecular formula is C11H17N5O4. The lowest BCUT2D eigenvalue weighted by Crippen LogP contribution is -2.39. The molecule has 0 aliphatic rings. The van der Waals surface area contributed by atoms with E-state index in [9.17, 15) is 14.4 Å². The van der Waals surface area contributed by atoms with Crippen molar-refractivity contribution in [3.63, 3.8) is 0 Å². The molecule has 0 bridgehead atoms. The van der Waals surface area contributed by atoms with Crippen LogP contribution in [0.4, 0.5) is 0 Å². The van der Waals surface area contributed by atoms with Gasteiger partial charge in [0, 0.05) is 6.54 Å². The van der Waals surface area contributed by atoms with Crippen molar-refractivity contribution in [1.29, 1.82) is 0 Å². The molecule has 110 valence electrons. The van der Waals surface area contributed by atoms with Crippen molar-refractivity contribution in [2.24, 2.45) is 5.92 Å². The molecule has 0 aliphatic carbocycles. The zero-order chi connectivity index (χ0) is 15.1. The normalized spacial score (nSPS) is 10.3. The number of carboxylic acids is 1. The highest BCUT2D eigenvalue weighted by atomic mass is 16.4. The van der Waals surface area contributed by atoms with E-state index >= 15 is 0 Å². The van der Waals surface area contributed by atoms with Gasteiger partial charge in [-0.15, -0.1) is 5.10 Å². The van der Waals surface area contributed by atoms with Crippen LogP contribution in [0, 0.1) is 5.92 Å². The Bertz CT molecular complexity index is 497. The number of hydrogen-bond acceptors (Lipinski definition) is 5. The Labute approximate surface area is 115 Å². The number of hydrogen-bond donors (Lipinski definition) is 3. The number of rotatable bonds is 7. The molecule has 0 aliphatic heterocycles. The van der Waals surface area contributed by atoms with Crippen molar-refractivity contribution in [2.75, 3.05) is 13.1 Å². The summed E-state index contributed by atoms with van der Waals surface area (Å²) >= 11 is 0. The Morgan fingerprint density at radius 1 is 1.30 bits per heavy atom. The second-order valence-electron chi connectivity index (χ2n) is 4.58. The van der Waals surface area contributed by atoms with Gasteiger partial charge in [0.1, 0.15) is 6.54 Å². The summed E-state index contributed by atoms with van der Waals surface area (Å²) in [5.41, 5.74) is -0.243. The van der Waals surface area contributed by atoms with E-state index in [1.807, 2.05) is 13.8 Å². The predicted octanol–water partition coefficient (Wildman–Crippen LogP) is -1.14. The highest BCUT2D eigenvalue weighted by Gasteiger charge is 2.11. The lowest BCUT2D eigenvalue weighted by atomic mass is 10.2. The van der Waals surface area contributed by atoms with Gasteiger partial charge in [0.25, 0.3) is 0 Å². The lowest BCUT2D eigenvalue weighted by Gasteiger charge is -2.08. The molecule has 0 radical (unpaired) electrons. The molecule has 0 aromatic carbocycles. The van der Waals surface area contributed by atoms with E-state index in [-0.39, 0.29) is 24.7 Å². The molecule has 0 saturated carbocycles. The Kier molecular flexibility index (Phi) is 5.63. The Hall–Kier alpha value is -2.45. The molecule has 9 nitrogen and oxygen atoms in total. The molecule has 0 saturated heterocycles. The minimum atomic E-state index is -1.22. The quantitative estimate of drug-likeness (QED) is 0.581. The third-order valence-electron chi connectivity index (χ3n) is 2.22. The first-order valence-corrected chi connectivity index (χ1v) is 6.05. The van der Waals surface area contributed by atoms with Crippen LogP contribution in [0.2, 0.25) is 0 Å². The van der Waals surface area contributed by atoms with Crippen molar-refractivity contribution >= 4 is 17.8 Å². The molecular weight excluding hydrogens is 266 g/mol. The second-order valence-corrected chi connectivity index (χ2v) is 4.58. The fraction of sp³-hybridized carbons (Fsp3) is 0.545. The molecule has 3 N–H and O–H groups in total. The van der Waals surface area contributed by atoms with E-state index in [4.69, 9.17) is 5.11 Å². The van der Waals surface area contributed by atoms with Crippen LogP contribution in [0.15, 0.2) is 6.20 Å². The van der Waals surface area contributed by atoms with Gasteiger partial charge in [-0.25, -0.2) is 9.48 Å². The molecule has 1 heterocycles. The number of amides is 2. The average Bonchev–Trinajstić information content (AvgIpc) is 2.82. The first kappa shape index (κ1) is 15.6. The van der Waals surface area contributed by atoms with E-state index in [1.54, 1.807) is 0 Å². The Morgan fingerprint density at radius 3 is 2.55 bits per heavy atom. The molecule has 2 amide bonds. The van der Waals surface area contributed by atoms with Gasteiger partial charge in [-0.2, -0.15) is 0 Å². The highest BCUT2D eigenvalue weighted by Crippen LogP contribution is 1.92. The van der Waals surface area contributed by atoms with Crippen LogP contribution in [0.3, 0.4) is 0 Å². The molecule has 1 aromatic heterocycles. The van der Waals surface area contributed by atoms with E-state index in [2.05, 4.69) is 20.9 Å². The van der Waals surface area contributed by atoms with Gasteiger partial charge < -0.3 is 15.7 Å². The number of nitrogens with zero attached hydrogens (tertiary/aromatic N) is 3. The minimum absolute atomic E-state index is 0.133. The fourth-order valence-electron chi connectivity index (χ4n) is 1.24. The smallest absolute Gasteiger partial charge is 0.358 e. The summed E-state index contributed by atoms with van der Waals surface area (Å²) in [6, 6.07) is 0. The number of aromatic carboxylic acids is 1. The standard InChI is InChI=1S/C11H17N5O4/c1-7(2)3-12-9(17)4-13-10(18)6-16-5-8(11(19)20)14-15-16/h5,7H,3-4,6H2,1-2H3,(H,12,17)(H,13,18)(H,19,20). The van der Waals surface area contributed by atoms with Crippen LogP contribution < -0.4 is 10.6 Å². The van der Waals surface area contributed by atoms with Crippen LogP contribution in [0.25, 0.3) is 0 Å². The second kappa shape index (κ2) is 7.22. The maximum Gasteiger partial charge on any atom is 0.358 e. The Morgan fingerprint density at radius 2 is 2.00 bits per heavy atom. The number of nitrogens with one attached hydrogen (secondary N) is 2.